The van der Waals surface area contributed by atoms with Gasteiger partial charge in [0.05, 0.1) is 5.88 Å². The van der Waals surface area contributed by atoms with Gasteiger partial charge in [-0.1, -0.05) is 30.3 Å². The molecule has 1 heterocycles. The van der Waals surface area contributed by atoms with Crippen LogP contribution >= 0.6 is 23.3 Å². The molecule has 1 aromatic carbocycles. The average molecular weight is 227 g/mol. The first-order valence-corrected chi connectivity index (χ1v) is 5.29. The molecule has 0 saturated carbocycles. The number of halogens is 1. The number of hydrogen-bond donors (Lipinski definition) is 0. The maximum Gasteiger partial charge on any atom is 0.281 e. The van der Waals surface area contributed by atoms with Crippen LogP contribution in [0.1, 0.15) is 5.69 Å². The lowest BCUT2D eigenvalue weighted by molar-refractivity contribution is -0.538. The molecule has 0 fully saturated rings. The minimum Gasteiger partial charge on any atom is -0.700 e. The normalized spacial score (nSPS) is 10.4. The van der Waals surface area contributed by atoms with Crippen molar-refractivity contribution in [2.75, 3.05) is 0 Å². The minimum atomic E-state index is 0.185. The standard InChI is InChI=1S/C9H7ClN2OS/c10-6-8-9(11-14-12(8)13)7-4-2-1-3-5-7/h1-5H,6H2. The summed E-state index contributed by atoms with van der Waals surface area (Å²) in [6.07, 6.45) is 0. The molecule has 0 amide bonds. The van der Waals surface area contributed by atoms with Crippen molar-refractivity contribution in [1.29, 1.82) is 0 Å². The SMILES string of the molecule is [O-][n+]1snc(-c2ccccc2)c1CCl. The lowest BCUT2D eigenvalue weighted by Crippen LogP contribution is -2.24. The van der Waals surface area contributed by atoms with Crippen LogP contribution in [0.25, 0.3) is 11.3 Å². The summed E-state index contributed by atoms with van der Waals surface area (Å²) in [6, 6.07) is 9.54. The van der Waals surface area contributed by atoms with Gasteiger partial charge in [-0.2, -0.15) is 4.12 Å². The fourth-order valence-corrected chi connectivity index (χ4v) is 2.12. The van der Waals surface area contributed by atoms with Crippen LogP contribution in [-0.2, 0) is 5.88 Å². The quantitative estimate of drug-likeness (QED) is 0.447. The lowest BCUT2D eigenvalue weighted by atomic mass is 10.1. The average Bonchev–Trinajstić information content (AvgIpc) is 2.61. The predicted octanol–water partition coefficient (Wildman–Crippen LogP) is 2.18. The zero-order chi connectivity index (χ0) is 9.97. The molecule has 0 bridgehead atoms. The van der Waals surface area contributed by atoms with Crippen LogP contribution in [0.3, 0.4) is 0 Å². The van der Waals surface area contributed by atoms with E-state index in [1.54, 1.807) is 0 Å². The number of alkyl halides is 1. The summed E-state index contributed by atoms with van der Waals surface area (Å²) in [5.74, 6) is 0.185. The van der Waals surface area contributed by atoms with Gasteiger partial charge in [0, 0.05) is 9.94 Å². The third-order valence-electron chi connectivity index (χ3n) is 1.87. The Hall–Kier alpha value is -1.13. The Morgan fingerprint density at radius 3 is 2.71 bits per heavy atom. The van der Waals surface area contributed by atoms with Gasteiger partial charge in [-0.15, -0.1) is 11.6 Å². The highest BCUT2D eigenvalue weighted by Gasteiger charge is 2.18. The van der Waals surface area contributed by atoms with Gasteiger partial charge in [-0.3, -0.25) is 0 Å². The molecule has 0 radical (unpaired) electrons. The first-order chi connectivity index (χ1) is 6.83. The van der Waals surface area contributed by atoms with Crippen molar-refractivity contribution in [3.05, 3.63) is 41.2 Å². The highest BCUT2D eigenvalue weighted by molar-refractivity contribution is 6.95. The summed E-state index contributed by atoms with van der Waals surface area (Å²) < 4.78 is 4.81. The molecule has 0 aliphatic carbocycles. The summed E-state index contributed by atoms with van der Waals surface area (Å²) >= 11 is 6.55. The van der Waals surface area contributed by atoms with Crippen molar-refractivity contribution >= 4 is 23.3 Å². The largest absolute Gasteiger partial charge is 0.700 e. The lowest BCUT2D eigenvalue weighted by Gasteiger charge is -1.97. The van der Waals surface area contributed by atoms with Crippen molar-refractivity contribution in [2.45, 2.75) is 5.88 Å². The highest BCUT2D eigenvalue weighted by atomic mass is 35.5. The Morgan fingerprint density at radius 1 is 1.36 bits per heavy atom. The van der Waals surface area contributed by atoms with E-state index in [4.69, 9.17) is 11.6 Å². The molecule has 0 N–H and O–H groups in total. The molecule has 5 heteroatoms. The van der Waals surface area contributed by atoms with E-state index in [1.807, 2.05) is 30.3 Å². The summed E-state index contributed by atoms with van der Waals surface area (Å²) in [5, 5.41) is 11.2. The Balaban J connectivity index is 2.52. The van der Waals surface area contributed by atoms with Crippen molar-refractivity contribution in [3.8, 4) is 11.3 Å². The van der Waals surface area contributed by atoms with Gasteiger partial charge in [0.2, 0.25) is 5.69 Å². The monoisotopic (exact) mass is 226 g/mol. The van der Waals surface area contributed by atoms with Gasteiger partial charge in [0.1, 0.15) is 0 Å². The van der Waals surface area contributed by atoms with E-state index in [0.29, 0.717) is 11.4 Å². The maximum atomic E-state index is 11.2. The topological polar surface area (TPSA) is 39.8 Å². The van der Waals surface area contributed by atoms with Crippen LogP contribution < -0.4 is 4.12 Å². The molecule has 0 aliphatic rings. The Morgan fingerprint density at radius 2 is 2.07 bits per heavy atom. The Kier molecular flexibility index (Phi) is 2.65. The molecular weight excluding hydrogens is 220 g/mol. The van der Waals surface area contributed by atoms with E-state index in [2.05, 4.69) is 4.37 Å². The van der Waals surface area contributed by atoms with E-state index in [9.17, 15) is 5.21 Å². The van der Waals surface area contributed by atoms with Gasteiger partial charge in [0.15, 0.2) is 5.69 Å². The van der Waals surface area contributed by atoms with Crippen molar-refractivity contribution in [2.24, 2.45) is 0 Å². The fraction of sp³-hybridized carbons (Fsp3) is 0.111. The first-order valence-electron chi connectivity index (χ1n) is 4.03. The number of rotatable bonds is 2. The molecule has 0 unspecified atom stereocenters. The zero-order valence-electron chi connectivity index (χ0n) is 7.18. The summed E-state index contributed by atoms with van der Waals surface area (Å²) in [4.78, 5) is 0. The summed E-state index contributed by atoms with van der Waals surface area (Å²) in [6.45, 7) is 0. The number of nitrogens with zero attached hydrogens (tertiary/aromatic N) is 2. The summed E-state index contributed by atoms with van der Waals surface area (Å²) in [7, 11) is 0. The van der Waals surface area contributed by atoms with Crippen LogP contribution in [0, 0.1) is 5.21 Å². The van der Waals surface area contributed by atoms with Gasteiger partial charge in [0.25, 0.3) is 11.7 Å². The molecule has 1 aromatic heterocycles. The molecule has 3 nitrogen and oxygen atoms in total. The number of hydrogen-bond acceptors (Lipinski definition) is 3. The predicted molar refractivity (Wildman–Crippen MR) is 56.1 cm³/mol. The third kappa shape index (κ3) is 1.58. The molecule has 2 aromatic rings. The molecule has 0 atom stereocenters. The molecule has 0 aliphatic heterocycles. The van der Waals surface area contributed by atoms with E-state index in [0.717, 1.165) is 21.4 Å². The van der Waals surface area contributed by atoms with Crippen LogP contribution in [0.4, 0.5) is 0 Å². The Labute approximate surface area is 90.5 Å². The van der Waals surface area contributed by atoms with Gasteiger partial charge in [-0.05, 0) is 0 Å². The van der Waals surface area contributed by atoms with Crippen molar-refractivity contribution in [1.82, 2.24) is 4.37 Å². The second-order valence-electron chi connectivity index (χ2n) is 2.73. The molecular formula is C9H7ClN2OS. The molecule has 14 heavy (non-hydrogen) atoms. The van der Waals surface area contributed by atoms with Crippen molar-refractivity contribution in [3.63, 3.8) is 0 Å². The number of aromatic nitrogens is 2. The van der Waals surface area contributed by atoms with E-state index >= 15 is 0 Å². The minimum absolute atomic E-state index is 0.185. The molecule has 0 spiro atoms. The van der Waals surface area contributed by atoms with E-state index in [1.165, 1.54) is 0 Å². The molecule has 72 valence electrons. The second-order valence-corrected chi connectivity index (χ2v) is 3.67. The van der Waals surface area contributed by atoms with Crippen LogP contribution in [0.15, 0.2) is 30.3 Å². The Bertz CT molecular complexity index is 430. The summed E-state index contributed by atoms with van der Waals surface area (Å²) in [5.41, 5.74) is 2.12. The zero-order valence-corrected chi connectivity index (χ0v) is 8.76. The van der Waals surface area contributed by atoms with Crippen LogP contribution in [0.2, 0.25) is 0 Å². The second kappa shape index (κ2) is 3.94. The van der Waals surface area contributed by atoms with Crippen LogP contribution in [-0.4, -0.2) is 4.37 Å². The smallest absolute Gasteiger partial charge is 0.281 e. The third-order valence-corrected chi connectivity index (χ3v) is 2.76. The number of benzene rings is 1. The van der Waals surface area contributed by atoms with E-state index in [-0.39, 0.29) is 5.88 Å². The molecule has 0 saturated heterocycles. The van der Waals surface area contributed by atoms with Crippen LogP contribution in [0.5, 0.6) is 0 Å². The molecule has 2 rings (SSSR count). The van der Waals surface area contributed by atoms with Gasteiger partial charge in [-0.25, -0.2) is 0 Å². The highest BCUT2D eigenvalue weighted by Crippen LogP contribution is 2.21. The van der Waals surface area contributed by atoms with E-state index < -0.39 is 0 Å². The fourth-order valence-electron chi connectivity index (χ4n) is 1.19. The van der Waals surface area contributed by atoms with Gasteiger partial charge >= 0.3 is 0 Å². The maximum absolute atomic E-state index is 11.2. The first kappa shape index (κ1) is 9.43. The van der Waals surface area contributed by atoms with Gasteiger partial charge < -0.3 is 5.21 Å². The van der Waals surface area contributed by atoms with Crippen molar-refractivity contribution < 1.29 is 4.12 Å².